The first-order valence-electron chi connectivity index (χ1n) is 5.92. The van der Waals surface area contributed by atoms with E-state index in [1.807, 2.05) is 19.0 Å². The van der Waals surface area contributed by atoms with Crippen molar-refractivity contribution in [2.75, 3.05) is 27.2 Å². The fourth-order valence-corrected chi connectivity index (χ4v) is 2.54. The molecule has 1 aliphatic heterocycles. The highest BCUT2D eigenvalue weighted by Gasteiger charge is 2.34. The first kappa shape index (κ1) is 13.2. The predicted molar refractivity (Wildman–Crippen MR) is 69.6 cm³/mol. The van der Waals surface area contributed by atoms with E-state index in [1.165, 1.54) is 12.4 Å². The van der Waals surface area contributed by atoms with E-state index in [9.17, 15) is 4.79 Å². The van der Waals surface area contributed by atoms with Crippen molar-refractivity contribution in [1.82, 2.24) is 19.8 Å². The maximum absolute atomic E-state index is 12.3. The summed E-state index contributed by atoms with van der Waals surface area (Å²) in [5, 5.41) is 0.247. The van der Waals surface area contributed by atoms with Gasteiger partial charge in [-0.1, -0.05) is 18.5 Å². The summed E-state index contributed by atoms with van der Waals surface area (Å²) in [5.74, 6) is 0.359. The Morgan fingerprint density at radius 1 is 1.44 bits per heavy atom. The van der Waals surface area contributed by atoms with Gasteiger partial charge in [-0.2, -0.15) is 0 Å². The highest BCUT2D eigenvalue weighted by atomic mass is 35.5. The summed E-state index contributed by atoms with van der Waals surface area (Å²) in [6, 6.07) is 0.390. The quantitative estimate of drug-likeness (QED) is 0.807. The lowest BCUT2D eigenvalue weighted by atomic mass is 10.1. The number of aromatic nitrogens is 2. The molecule has 1 saturated heterocycles. The Labute approximate surface area is 112 Å². The second-order valence-corrected chi connectivity index (χ2v) is 5.33. The Bertz CT molecular complexity index is 451. The van der Waals surface area contributed by atoms with E-state index >= 15 is 0 Å². The summed E-state index contributed by atoms with van der Waals surface area (Å²) >= 11 is 5.75. The van der Waals surface area contributed by atoms with Gasteiger partial charge in [0, 0.05) is 19.1 Å². The molecule has 0 N–H and O–H groups in total. The zero-order valence-corrected chi connectivity index (χ0v) is 11.6. The number of likely N-dealkylation sites (N-methyl/N-ethyl adjacent to an activating group) is 1. The molecule has 1 aromatic rings. The van der Waals surface area contributed by atoms with Crippen molar-refractivity contribution in [2.45, 2.75) is 13.0 Å². The molecule has 0 aliphatic carbocycles. The number of amides is 1. The fraction of sp³-hybridized carbons (Fsp3) is 0.583. The Kier molecular flexibility index (Phi) is 3.82. The van der Waals surface area contributed by atoms with Gasteiger partial charge >= 0.3 is 0 Å². The van der Waals surface area contributed by atoms with Gasteiger partial charge in [-0.25, -0.2) is 4.98 Å². The van der Waals surface area contributed by atoms with Crippen LogP contribution in [0.5, 0.6) is 0 Å². The van der Waals surface area contributed by atoms with Crippen LogP contribution in [0.4, 0.5) is 0 Å². The van der Waals surface area contributed by atoms with E-state index in [0.29, 0.717) is 17.7 Å². The molecule has 5 nitrogen and oxygen atoms in total. The van der Waals surface area contributed by atoms with Gasteiger partial charge in [0.1, 0.15) is 10.8 Å². The van der Waals surface area contributed by atoms with E-state index in [1.54, 1.807) is 0 Å². The smallest absolute Gasteiger partial charge is 0.274 e. The molecule has 1 amide bonds. The molecule has 1 aromatic heterocycles. The third-order valence-electron chi connectivity index (χ3n) is 3.35. The minimum Gasteiger partial charge on any atom is -0.335 e. The highest BCUT2D eigenvalue weighted by molar-refractivity contribution is 6.29. The zero-order chi connectivity index (χ0) is 13.3. The van der Waals surface area contributed by atoms with Crippen molar-refractivity contribution < 1.29 is 4.79 Å². The SMILES string of the molecule is CC1CN(C(=O)c2cncc(Cl)n2)CC1N(C)C. The van der Waals surface area contributed by atoms with Gasteiger partial charge < -0.3 is 9.80 Å². The van der Waals surface area contributed by atoms with Crippen LogP contribution in [0.2, 0.25) is 5.15 Å². The number of rotatable bonds is 2. The lowest BCUT2D eigenvalue weighted by Gasteiger charge is -2.22. The van der Waals surface area contributed by atoms with E-state index < -0.39 is 0 Å². The predicted octanol–water partition coefficient (Wildman–Crippen LogP) is 1.15. The molecular formula is C12H17ClN4O. The third kappa shape index (κ3) is 2.62. The molecule has 1 fully saturated rings. The van der Waals surface area contributed by atoms with Crippen molar-refractivity contribution in [3.63, 3.8) is 0 Å². The summed E-state index contributed by atoms with van der Waals surface area (Å²) in [6.07, 6.45) is 2.88. The molecule has 98 valence electrons. The normalized spacial score (nSPS) is 23.7. The number of carbonyl (C=O) groups excluding carboxylic acids is 1. The highest BCUT2D eigenvalue weighted by Crippen LogP contribution is 2.21. The van der Waals surface area contributed by atoms with Crippen LogP contribution in [0.25, 0.3) is 0 Å². The van der Waals surface area contributed by atoms with Crippen LogP contribution in [-0.2, 0) is 0 Å². The molecule has 18 heavy (non-hydrogen) atoms. The largest absolute Gasteiger partial charge is 0.335 e. The molecule has 1 aliphatic rings. The molecule has 0 spiro atoms. The van der Waals surface area contributed by atoms with Crippen molar-refractivity contribution in [1.29, 1.82) is 0 Å². The average molecular weight is 269 g/mol. The molecule has 2 rings (SSSR count). The van der Waals surface area contributed by atoms with Crippen molar-refractivity contribution in [2.24, 2.45) is 5.92 Å². The molecule has 0 saturated carbocycles. The summed E-state index contributed by atoms with van der Waals surface area (Å²) < 4.78 is 0. The summed E-state index contributed by atoms with van der Waals surface area (Å²) in [7, 11) is 4.07. The Balaban J connectivity index is 2.12. The number of nitrogens with zero attached hydrogens (tertiary/aromatic N) is 4. The van der Waals surface area contributed by atoms with Gasteiger partial charge in [0.15, 0.2) is 0 Å². The van der Waals surface area contributed by atoms with Crippen molar-refractivity contribution in [3.8, 4) is 0 Å². The maximum atomic E-state index is 12.3. The van der Waals surface area contributed by atoms with Crippen LogP contribution >= 0.6 is 11.6 Å². The first-order valence-corrected chi connectivity index (χ1v) is 6.30. The molecular weight excluding hydrogens is 252 g/mol. The van der Waals surface area contributed by atoms with Gasteiger partial charge in [-0.15, -0.1) is 0 Å². The third-order valence-corrected chi connectivity index (χ3v) is 3.53. The second kappa shape index (κ2) is 5.20. The molecule has 0 bridgehead atoms. The van der Waals surface area contributed by atoms with Crippen LogP contribution < -0.4 is 0 Å². The van der Waals surface area contributed by atoms with E-state index in [2.05, 4.69) is 21.8 Å². The minimum absolute atomic E-state index is 0.0961. The summed E-state index contributed by atoms with van der Waals surface area (Å²) in [5.41, 5.74) is 0.314. The molecule has 6 heteroatoms. The van der Waals surface area contributed by atoms with Gasteiger partial charge in [0.25, 0.3) is 5.91 Å². The number of hydrogen-bond donors (Lipinski definition) is 0. The van der Waals surface area contributed by atoms with Crippen LogP contribution in [0.3, 0.4) is 0 Å². The molecule has 2 unspecified atom stereocenters. The monoisotopic (exact) mass is 268 g/mol. The maximum Gasteiger partial charge on any atom is 0.274 e. The van der Waals surface area contributed by atoms with Crippen LogP contribution in [0, 0.1) is 5.92 Å². The lowest BCUT2D eigenvalue weighted by Crippen LogP contribution is -2.36. The second-order valence-electron chi connectivity index (χ2n) is 4.95. The Morgan fingerprint density at radius 2 is 2.17 bits per heavy atom. The van der Waals surface area contributed by atoms with Crippen LogP contribution in [0.15, 0.2) is 12.4 Å². The van der Waals surface area contributed by atoms with E-state index in [4.69, 9.17) is 11.6 Å². The average Bonchev–Trinajstić information content (AvgIpc) is 2.70. The van der Waals surface area contributed by atoms with Crippen LogP contribution in [0.1, 0.15) is 17.4 Å². The standard InChI is InChI=1S/C12H17ClN4O/c1-8-6-17(7-10(8)16(2)3)12(18)9-4-14-5-11(13)15-9/h4-5,8,10H,6-7H2,1-3H3. The lowest BCUT2D eigenvalue weighted by molar-refractivity contribution is 0.0775. The Hall–Kier alpha value is -1.20. The van der Waals surface area contributed by atoms with Crippen molar-refractivity contribution >= 4 is 17.5 Å². The van der Waals surface area contributed by atoms with Gasteiger partial charge in [-0.3, -0.25) is 9.78 Å². The van der Waals surface area contributed by atoms with Crippen molar-refractivity contribution in [3.05, 3.63) is 23.2 Å². The number of hydrogen-bond acceptors (Lipinski definition) is 4. The van der Waals surface area contributed by atoms with E-state index in [-0.39, 0.29) is 11.1 Å². The minimum atomic E-state index is -0.0961. The summed E-state index contributed by atoms with van der Waals surface area (Å²) in [6.45, 7) is 3.62. The number of halogens is 1. The van der Waals surface area contributed by atoms with Gasteiger partial charge in [0.05, 0.1) is 12.4 Å². The fourth-order valence-electron chi connectivity index (χ4n) is 2.39. The zero-order valence-electron chi connectivity index (χ0n) is 10.8. The number of carbonyl (C=O) groups is 1. The topological polar surface area (TPSA) is 49.3 Å². The van der Waals surface area contributed by atoms with Crippen LogP contribution in [-0.4, -0.2) is 58.9 Å². The van der Waals surface area contributed by atoms with Gasteiger partial charge in [-0.05, 0) is 20.0 Å². The summed E-state index contributed by atoms with van der Waals surface area (Å²) in [4.78, 5) is 24.1. The Morgan fingerprint density at radius 3 is 2.72 bits per heavy atom. The molecule has 0 aromatic carbocycles. The van der Waals surface area contributed by atoms with E-state index in [0.717, 1.165) is 13.1 Å². The molecule has 0 radical (unpaired) electrons. The molecule has 2 heterocycles. The number of likely N-dealkylation sites (tertiary alicyclic amines) is 1. The first-order chi connectivity index (χ1) is 8.49. The van der Waals surface area contributed by atoms with Gasteiger partial charge in [0.2, 0.25) is 0 Å². The molecule has 2 atom stereocenters.